The molecule has 2 amide bonds. The molecule has 2 aliphatic rings. The number of rotatable bonds is 5. The molecule has 0 spiro atoms. The fraction of sp³-hybridized carbons (Fsp3) is 0.529. The van der Waals surface area contributed by atoms with Crippen LogP contribution in [0.3, 0.4) is 0 Å². The standard InChI is InChI=1S/C17H23N3O3/c1-23-17(8-10-18-11-9-17)16(22)20-14-4-2-12(3-5-14)15(21)19-13-6-7-13/h2-5,13,18H,6-11H2,1H3,(H,19,21)(H,20,22). The second-order valence-electron chi connectivity index (χ2n) is 6.23. The Kier molecular flexibility index (Phi) is 4.63. The molecular weight excluding hydrogens is 294 g/mol. The summed E-state index contributed by atoms with van der Waals surface area (Å²) in [6.07, 6.45) is 3.43. The van der Waals surface area contributed by atoms with Gasteiger partial charge in [0.25, 0.3) is 11.8 Å². The number of amides is 2. The molecule has 6 nitrogen and oxygen atoms in total. The van der Waals surface area contributed by atoms with Crippen LogP contribution in [-0.4, -0.2) is 43.7 Å². The number of carbonyl (C=O) groups excluding carboxylic acids is 2. The van der Waals surface area contributed by atoms with Crippen LogP contribution in [0.1, 0.15) is 36.0 Å². The van der Waals surface area contributed by atoms with Crippen molar-refractivity contribution in [3.8, 4) is 0 Å². The molecule has 1 aliphatic heterocycles. The monoisotopic (exact) mass is 317 g/mol. The third kappa shape index (κ3) is 3.71. The van der Waals surface area contributed by atoms with E-state index in [0.29, 0.717) is 30.1 Å². The molecule has 1 heterocycles. The summed E-state index contributed by atoms with van der Waals surface area (Å²) in [4.78, 5) is 24.5. The number of methoxy groups -OCH3 is 1. The Hall–Kier alpha value is -1.92. The van der Waals surface area contributed by atoms with Crippen molar-refractivity contribution in [3.05, 3.63) is 29.8 Å². The molecule has 1 saturated carbocycles. The van der Waals surface area contributed by atoms with Gasteiger partial charge in [0.05, 0.1) is 0 Å². The molecule has 2 fully saturated rings. The van der Waals surface area contributed by atoms with Crippen LogP contribution in [0.25, 0.3) is 0 Å². The lowest BCUT2D eigenvalue weighted by Gasteiger charge is -2.34. The van der Waals surface area contributed by atoms with Crippen LogP contribution < -0.4 is 16.0 Å². The molecular formula is C17H23N3O3. The van der Waals surface area contributed by atoms with E-state index in [0.717, 1.165) is 25.9 Å². The van der Waals surface area contributed by atoms with Crippen molar-refractivity contribution in [2.24, 2.45) is 0 Å². The topological polar surface area (TPSA) is 79.5 Å². The summed E-state index contributed by atoms with van der Waals surface area (Å²) in [7, 11) is 1.58. The summed E-state index contributed by atoms with van der Waals surface area (Å²) in [6, 6.07) is 7.31. The van der Waals surface area contributed by atoms with Crippen LogP contribution in [0.15, 0.2) is 24.3 Å². The van der Waals surface area contributed by atoms with Gasteiger partial charge < -0.3 is 20.7 Å². The quantitative estimate of drug-likeness (QED) is 0.764. The minimum Gasteiger partial charge on any atom is -0.368 e. The van der Waals surface area contributed by atoms with E-state index < -0.39 is 5.60 Å². The maximum Gasteiger partial charge on any atom is 0.256 e. The first-order valence-corrected chi connectivity index (χ1v) is 8.11. The van der Waals surface area contributed by atoms with E-state index >= 15 is 0 Å². The minimum absolute atomic E-state index is 0.0582. The first kappa shape index (κ1) is 16.0. The van der Waals surface area contributed by atoms with Crippen molar-refractivity contribution < 1.29 is 14.3 Å². The average molecular weight is 317 g/mol. The third-order valence-corrected chi connectivity index (χ3v) is 4.53. The zero-order chi connectivity index (χ0) is 16.3. The number of anilines is 1. The first-order chi connectivity index (χ1) is 11.1. The highest BCUT2D eigenvalue weighted by Gasteiger charge is 2.39. The molecule has 0 radical (unpaired) electrons. The molecule has 3 N–H and O–H groups in total. The highest BCUT2D eigenvalue weighted by atomic mass is 16.5. The SMILES string of the molecule is COC1(C(=O)Nc2ccc(C(=O)NC3CC3)cc2)CCNCC1. The van der Waals surface area contributed by atoms with Gasteiger partial charge in [0.15, 0.2) is 0 Å². The van der Waals surface area contributed by atoms with E-state index in [1.807, 2.05) is 0 Å². The largest absolute Gasteiger partial charge is 0.368 e. The van der Waals surface area contributed by atoms with Gasteiger partial charge in [-0.05, 0) is 63.0 Å². The van der Waals surface area contributed by atoms with E-state index in [-0.39, 0.29) is 11.8 Å². The van der Waals surface area contributed by atoms with Gasteiger partial charge in [-0.2, -0.15) is 0 Å². The van der Waals surface area contributed by atoms with Gasteiger partial charge in [-0.1, -0.05) is 0 Å². The van der Waals surface area contributed by atoms with Crippen LogP contribution in [-0.2, 0) is 9.53 Å². The smallest absolute Gasteiger partial charge is 0.256 e. The van der Waals surface area contributed by atoms with Crippen LogP contribution in [0.4, 0.5) is 5.69 Å². The highest BCUT2D eigenvalue weighted by Crippen LogP contribution is 2.25. The van der Waals surface area contributed by atoms with Crippen molar-refractivity contribution in [2.75, 3.05) is 25.5 Å². The summed E-state index contributed by atoms with van der Waals surface area (Å²) in [5.41, 5.74) is 0.513. The zero-order valence-corrected chi connectivity index (χ0v) is 13.4. The lowest BCUT2D eigenvalue weighted by molar-refractivity contribution is -0.140. The number of hydrogen-bond acceptors (Lipinski definition) is 4. The summed E-state index contributed by atoms with van der Waals surface area (Å²) < 4.78 is 5.51. The van der Waals surface area contributed by atoms with E-state index in [1.54, 1.807) is 31.4 Å². The molecule has 0 unspecified atom stereocenters. The molecule has 1 aromatic rings. The number of hydrogen-bond donors (Lipinski definition) is 3. The normalized spacial score (nSPS) is 19.9. The molecule has 0 bridgehead atoms. The maximum absolute atomic E-state index is 12.5. The lowest BCUT2D eigenvalue weighted by atomic mass is 9.91. The predicted molar refractivity (Wildman–Crippen MR) is 87.4 cm³/mol. The van der Waals surface area contributed by atoms with Crippen molar-refractivity contribution in [2.45, 2.75) is 37.3 Å². The zero-order valence-electron chi connectivity index (χ0n) is 13.4. The Morgan fingerprint density at radius 2 is 1.83 bits per heavy atom. The molecule has 0 aromatic heterocycles. The Morgan fingerprint density at radius 3 is 2.39 bits per heavy atom. The number of nitrogens with one attached hydrogen (secondary N) is 3. The Bertz CT molecular complexity index is 575. The first-order valence-electron chi connectivity index (χ1n) is 8.11. The second-order valence-corrected chi connectivity index (χ2v) is 6.23. The molecule has 23 heavy (non-hydrogen) atoms. The molecule has 0 atom stereocenters. The molecule has 6 heteroatoms. The van der Waals surface area contributed by atoms with Gasteiger partial charge in [0.2, 0.25) is 0 Å². The molecule has 1 aliphatic carbocycles. The van der Waals surface area contributed by atoms with Gasteiger partial charge in [0, 0.05) is 24.4 Å². The van der Waals surface area contributed by atoms with Gasteiger partial charge in [0.1, 0.15) is 5.60 Å². The molecule has 1 saturated heterocycles. The number of carbonyl (C=O) groups is 2. The minimum atomic E-state index is -0.771. The summed E-state index contributed by atoms with van der Waals surface area (Å²) in [5, 5.41) is 9.07. The van der Waals surface area contributed by atoms with Crippen LogP contribution in [0.5, 0.6) is 0 Å². The summed E-state index contributed by atoms with van der Waals surface area (Å²) >= 11 is 0. The van der Waals surface area contributed by atoms with Crippen LogP contribution >= 0.6 is 0 Å². The van der Waals surface area contributed by atoms with Crippen molar-refractivity contribution in [1.82, 2.24) is 10.6 Å². The Labute approximate surface area is 136 Å². The summed E-state index contributed by atoms with van der Waals surface area (Å²) in [5.74, 6) is -0.186. The van der Waals surface area contributed by atoms with Crippen LogP contribution in [0.2, 0.25) is 0 Å². The van der Waals surface area contributed by atoms with E-state index in [4.69, 9.17) is 4.74 Å². The van der Waals surface area contributed by atoms with Crippen molar-refractivity contribution in [3.63, 3.8) is 0 Å². The fourth-order valence-electron chi connectivity index (χ4n) is 2.80. The molecule has 1 aromatic carbocycles. The van der Waals surface area contributed by atoms with E-state index in [1.165, 1.54) is 0 Å². The van der Waals surface area contributed by atoms with Gasteiger partial charge >= 0.3 is 0 Å². The number of benzene rings is 1. The fourth-order valence-corrected chi connectivity index (χ4v) is 2.80. The summed E-state index contributed by atoms with van der Waals surface area (Å²) in [6.45, 7) is 1.53. The Balaban J connectivity index is 1.62. The van der Waals surface area contributed by atoms with Crippen LogP contribution in [0, 0.1) is 0 Å². The third-order valence-electron chi connectivity index (χ3n) is 4.53. The highest BCUT2D eigenvalue weighted by molar-refractivity contribution is 5.98. The number of piperidine rings is 1. The van der Waals surface area contributed by atoms with E-state index in [2.05, 4.69) is 16.0 Å². The van der Waals surface area contributed by atoms with E-state index in [9.17, 15) is 9.59 Å². The average Bonchev–Trinajstić information content (AvgIpc) is 3.40. The predicted octanol–water partition coefficient (Wildman–Crippen LogP) is 1.29. The second kappa shape index (κ2) is 6.68. The van der Waals surface area contributed by atoms with Crippen molar-refractivity contribution >= 4 is 17.5 Å². The maximum atomic E-state index is 12.5. The Morgan fingerprint density at radius 1 is 1.17 bits per heavy atom. The number of ether oxygens (including phenoxy) is 1. The lowest BCUT2D eigenvalue weighted by Crippen LogP contribution is -2.51. The van der Waals surface area contributed by atoms with Gasteiger partial charge in [-0.25, -0.2) is 0 Å². The molecule has 3 rings (SSSR count). The van der Waals surface area contributed by atoms with Gasteiger partial charge in [-0.15, -0.1) is 0 Å². The molecule has 124 valence electrons. The van der Waals surface area contributed by atoms with Gasteiger partial charge in [-0.3, -0.25) is 9.59 Å². The van der Waals surface area contributed by atoms with Crippen molar-refractivity contribution in [1.29, 1.82) is 0 Å².